The Morgan fingerprint density at radius 1 is 1.04 bits per heavy atom. The number of hydrogen-bond donors (Lipinski definition) is 2. The van der Waals surface area contributed by atoms with E-state index in [9.17, 15) is 9.90 Å². The number of aldehydes is 1. The van der Waals surface area contributed by atoms with Crippen LogP contribution in [0.25, 0.3) is 0 Å². The van der Waals surface area contributed by atoms with E-state index in [0.29, 0.717) is 6.29 Å². The number of aliphatic hydroxyl groups is 2. The van der Waals surface area contributed by atoms with E-state index in [1.807, 2.05) is 30.4 Å². The van der Waals surface area contributed by atoms with Crippen molar-refractivity contribution in [3.05, 3.63) is 66.3 Å². The van der Waals surface area contributed by atoms with Crippen LogP contribution in [0.15, 0.2) is 60.7 Å². The second-order valence-corrected chi connectivity index (χ2v) is 5.41. The first-order valence-electron chi connectivity index (χ1n) is 8.10. The summed E-state index contributed by atoms with van der Waals surface area (Å²) in [5.41, 5.74) is 1.30. The van der Waals surface area contributed by atoms with E-state index in [0.717, 1.165) is 25.0 Å². The van der Waals surface area contributed by atoms with Crippen molar-refractivity contribution in [2.75, 3.05) is 7.11 Å². The topological polar surface area (TPSA) is 66.8 Å². The second kappa shape index (κ2) is 12.3. The van der Waals surface area contributed by atoms with Crippen LogP contribution in [0.2, 0.25) is 0 Å². The van der Waals surface area contributed by atoms with Crippen molar-refractivity contribution in [3.63, 3.8) is 0 Å². The van der Waals surface area contributed by atoms with Gasteiger partial charge in [-0.3, -0.25) is 0 Å². The molecule has 24 heavy (non-hydrogen) atoms. The van der Waals surface area contributed by atoms with Gasteiger partial charge in [-0.25, -0.2) is 0 Å². The van der Waals surface area contributed by atoms with E-state index in [2.05, 4.69) is 18.2 Å². The van der Waals surface area contributed by atoms with Crippen LogP contribution in [-0.4, -0.2) is 35.8 Å². The minimum atomic E-state index is -1.32. The number of ether oxygens (including phenoxy) is 1. The zero-order chi connectivity index (χ0) is 17.6. The van der Waals surface area contributed by atoms with Crippen LogP contribution in [0, 0.1) is 0 Å². The summed E-state index contributed by atoms with van der Waals surface area (Å²) in [4.78, 5) is 10.3. The normalized spacial score (nSPS) is 14.5. The fourth-order valence-corrected chi connectivity index (χ4v) is 2.05. The molecule has 4 heteroatoms. The summed E-state index contributed by atoms with van der Waals surface area (Å²) in [6, 6.07) is 8.13. The largest absolute Gasteiger partial charge is 0.497 e. The molecule has 0 aliphatic rings. The fraction of sp³-hybridized carbons (Fsp3) is 0.350. The summed E-state index contributed by atoms with van der Waals surface area (Å²) in [7, 11) is 1.67. The van der Waals surface area contributed by atoms with Gasteiger partial charge in [0, 0.05) is 0 Å². The Hall–Kier alpha value is -2.17. The Bertz CT molecular complexity index is 543. The van der Waals surface area contributed by atoms with Gasteiger partial charge < -0.3 is 19.7 Å². The van der Waals surface area contributed by atoms with Crippen molar-refractivity contribution < 1.29 is 19.7 Å². The first kappa shape index (κ1) is 19.9. The lowest BCUT2D eigenvalue weighted by Crippen LogP contribution is -2.26. The van der Waals surface area contributed by atoms with Gasteiger partial charge in [0.15, 0.2) is 6.29 Å². The average molecular weight is 330 g/mol. The number of aryl methyl sites for hydroxylation is 1. The smallest absolute Gasteiger partial charge is 0.151 e. The minimum Gasteiger partial charge on any atom is -0.497 e. The van der Waals surface area contributed by atoms with E-state index in [4.69, 9.17) is 9.84 Å². The summed E-state index contributed by atoms with van der Waals surface area (Å²) in [6.07, 6.45) is 12.7. The van der Waals surface area contributed by atoms with E-state index in [-0.39, 0.29) is 6.42 Å². The molecule has 0 saturated carbocycles. The number of aliphatic hydroxyl groups excluding tert-OH is 2. The van der Waals surface area contributed by atoms with Gasteiger partial charge >= 0.3 is 0 Å². The Balaban J connectivity index is 2.15. The van der Waals surface area contributed by atoms with Crippen molar-refractivity contribution in [1.82, 2.24) is 0 Å². The molecule has 1 aromatic carbocycles. The van der Waals surface area contributed by atoms with E-state index < -0.39 is 12.2 Å². The van der Waals surface area contributed by atoms with Gasteiger partial charge in [-0.1, -0.05) is 48.6 Å². The third-order valence-corrected chi connectivity index (χ3v) is 3.51. The zero-order valence-electron chi connectivity index (χ0n) is 14.0. The fourth-order valence-electron chi connectivity index (χ4n) is 2.05. The maximum absolute atomic E-state index is 10.3. The van der Waals surface area contributed by atoms with Gasteiger partial charge in [0.05, 0.1) is 13.2 Å². The molecule has 2 atom stereocenters. The standard InChI is InChI=1S/C20H26O4/c1-24-18-14-12-17(13-15-18)10-8-6-4-2-3-5-7-9-11-19(22)20(23)16-21/h2-5,7,9,12-16,19-20,22-23H,6,8,10-11H2,1H3. The highest BCUT2D eigenvalue weighted by Gasteiger charge is 2.12. The molecule has 1 rings (SSSR count). The molecule has 0 aliphatic carbocycles. The third-order valence-electron chi connectivity index (χ3n) is 3.51. The summed E-state index contributed by atoms with van der Waals surface area (Å²) in [5.74, 6) is 0.880. The second-order valence-electron chi connectivity index (χ2n) is 5.41. The van der Waals surface area contributed by atoms with Gasteiger partial charge in [0.2, 0.25) is 0 Å². The van der Waals surface area contributed by atoms with Crippen molar-refractivity contribution >= 4 is 6.29 Å². The average Bonchev–Trinajstić information content (AvgIpc) is 2.62. The molecule has 1 aromatic rings. The Kier molecular flexibility index (Phi) is 10.2. The van der Waals surface area contributed by atoms with Crippen LogP contribution in [0.4, 0.5) is 0 Å². The molecule has 0 fully saturated rings. The van der Waals surface area contributed by atoms with Crippen LogP contribution in [-0.2, 0) is 11.2 Å². The minimum absolute atomic E-state index is 0.246. The molecule has 0 spiro atoms. The number of rotatable bonds is 11. The Morgan fingerprint density at radius 2 is 1.71 bits per heavy atom. The van der Waals surface area contributed by atoms with Crippen molar-refractivity contribution in [3.8, 4) is 5.75 Å². The maximum Gasteiger partial charge on any atom is 0.151 e. The quantitative estimate of drug-likeness (QED) is 0.372. The van der Waals surface area contributed by atoms with Crippen LogP contribution in [0.1, 0.15) is 24.8 Å². The molecule has 2 N–H and O–H groups in total. The number of methoxy groups -OCH3 is 1. The van der Waals surface area contributed by atoms with Gasteiger partial charge in [-0.15, -0.1) is 0 Å². The van der Waals surface area contributed by atoms with Gasteiger partial charge in [-0.05, 0) is 43.4 Å². The third kappa shape index (κ3) is 8.46. The van der Waals surface area contributed by atoms with E-state index in [1.165, 1.54) is 5.56 Å². The maximum atomic E-state index is 10.3. The first-order valence-corrected chi connectivity index (χ1v) is 8.10. The molecule has 0 heterocycles. The lowest BCUT2D eigenvalue weighted by Gasteiger charge is -2.08. The van der Waals surface area contributed by atoms with E-state index >= 15 is 0 Å². The molecule has 0 saturated heterocycles. The highest BCUT2D eigenvalue weighted by Crippen LogP contribution is 2.13. The zero-order valence-corrected chi connectivity index (χ0v) is 14.0. The van der Waals surface area contributed by atoms with Crippen molar-refractivity contribution in [1.29, 1.82) is 0 Å². The summed E-state index contributed by atoms with van der Waals surface area (Å²) in [6.45, 7) is 0. The lowest BCUT2D eigenvalue weighted by atomic mass is 10.1. The molecular formula is C20H26O4. The van der Waals surface area contributed by atoms with Gasteiger partial charge in [0.1, 0.15) is 11.9 Å². The van der Waals surface area contributed by atoms with Gasteiger partial charge in [-0.2, -0.15) is 0 Å². The van der Waals surface area contributed by atoms with Crippen LogP contribution < -0.4 is 4.74 Å². The predicted octanol–water partition coefficient (Wildman–Crippen LogP) is 3.00. The van der Waals surface area contributed by atoms with Crippen LogP contribution in [0.5, 0.6) is 5.75 Å². The summed E-state index contributed by atoms with van der Waals surface area (Å²) in [5, 5.41) is 18.4. The predicted molar refractivity (Wildman–Crippen MR) is 96.0 cm³/mol. The number of carbonyl (C=O) groups is 1. The molecular weight excluding hydrogens is 304 g/mol. The number of allylic oxidation sites excluding steroid dienone is 5. The van der Waals surface area contributed by atoms with Crippen LogP contribution >= 0.6 is 0 Å². The molecule has 0 aliphatic heterocycles. The molecule has 0 radical (unpaired) electrons. The molecule has 0 amide bonds. The molecule has 2 unspecified atom stereocenters. The van der Waals surface area contributed by atoms with E-state index in [1.54, 1.807) is 19.3 Å². The highest BCUT2D eigenvalue weighted by atomic mass is 16.5. The van der Waals surface area contributed by atoms with Crippen LogP contribution in [0.3, 0.4) is 0 Å². The number of benzene rings is 1. The monoisotopic (exact) mass is 330 g/mol. The first-order chi connectivity index (χ1) is 11.7. The Morgan fingerprint density at radius 3 is 2.33 bits per heavy atom. The summed E-state index contributed by atoms with van der Waals surface area (Å²) < 4.78 is 5.13. The lowest BCUT2D eigenvalue weighted by molar-refractivity contribution is -0.119. The van der Waals surface area contributed by atoms with Gasteiger partial charge in [0.25, 0.3) is 0 Å². The molecule has 0 aromatic heterocycles. The highest BCUT2D eigenvalue weighted by molar-refractivity contribution is 5.56. The summed E-state index contributed by atoms with van der Waals surface area (Å²) >= 11 is 0. The Labute approximate surface area is 143 Å². The molecule has 4 nitrogen and oxygen atoms in total. The number of carbonyl (C=O) groups excluding carboxylic acids is 1. The number of hydrogen-bond acceptors (Lipinski definition) is 4. The SMILES string of the molecule is COc1ccc(CCCC=CC=CC=CCC(O)C(O)C=O)cc1. The number of unbranched alkanes of at least 4 members (excludes halogenated alkanes) is 1. The van der Waals surface area contributed by atoms with Crippen molar-refractivity contribution in [2.24, 2.45) is 0 Å². The molecule has 0 bridgehead atoms. The van der Waals surface area contributed by atoms with Crippen molar-refractivity contribution in [2.45, 2.75) is 37.9 Å². The molecule has 130 valence electrons.